The molecule has 0 radical (unpaired) electrons. The zero-order valence-electron chi connectivity index (χ0n) is 20.2. The number of fused-ring (bicyclic) bond motifs is 2. The number of hydrogen-bond acceptors (Lipinski definition) is 9. The number of halogens is 3. The second-order valence-electron chi connectivity index (χ2n) is 9.28. The molecule has 0 aliphatic carbocycles. The maximum absolute atomic E-state index is 15.0. The van der Waals surface area contributed by atoms with Crippen LogP contribution in [0.15, 0.2) is 24.4 Å². The van der Waals surface area contributed by atoms with Crippen molar-refractivity contribution in [2.75, 3.05) is 43.5 Å². The van der Waals surface area contributed by atoms with E-state index < -0.39 is 25.2 Å². The Bertz CT molecular complexity index is 1400. The highest BCUT2D eigenvalue weighted by molar-refractivity contribution is 5.89. The number of hydrogen-bond donors (Lipinski definition) is 2. The molecule has 14 heteroatoms. The second-order valence-corrected chi connectivity index (χ2v) is 9.28. The molecule has 2 atom stereocenters. The molecule has 37 heavy (non-hydrogen) atoms. The molecule has 0 aromatic carbocycles. The van der Waals surface area contributed by atoms with E-state index in [1.807, 2.05) is 13.0 Å². The smallest absolute Gasteiger partial charge is 0.258 e. The van der Waals surface area contributed by atoms with Gasteiger partial charge in [-0.15, -0.1) is 10.2 Å². The molecule has 0 spiro atoms. The summed E-state index contributed by atoms with van der Waals surface area (Å²) in [5, 5.41) is 18.8. The van der Waals surface area contributed by atoms with Gasteiger partial charge in [0.25, 0.3) is 6.43 Å². The van der Waals surface area contributed by atoms with E-state index in [-0.39, 0.29) is 5.65 Å². The topological polar surface area (TPSA) is 110 Å². The van der Waals surface area contributed by atoms with E-state index in [0.29, 0.717) is 72.8 Å². The Morgan fingerprint density at radius 2 is 2.05 bits per heavy atom. The molecular weight excluding hydrogens is 489 g/mol. The van der Waals surface area contributed by atoms with Crippen LogP contribution in [0.4, 0.5) is 24.9 Å². The van der Waals surface area contributed by atoms with Crippen LogP contribution >= 0.6 is 0 Å². The molecule has 196 valence electrons. The standard InChI is InChI=1S/C23H27F3N10O/c1-2-27-21-20-14(16-3-4-18-22(28-16)36(33-31-18)10-19(25)26)5-8-35(20)32-23(30-21)29-17-6-7-34(9-15(17)24)13-11-37-12-13/h3-5,8,13,15,17,19H,2,6-7,9-12H2,1H3,(H2,27,29,30,32)/t15-,17+/m1/s1. The molecule has 2 saturated heterocycles. The van der Waals surface area contributed by atoms with E-state index in [0.717, 1.165) is 11.2 Å². The number of nitrogens with zero attached hydrogens (tertiary/aromatic N) is 8. The molecule has 6 heterocycles. The lowest BCUT2D eigenvalue weighted by molar-refractivity contribution is -0.0794. The predicted molar refractivity (Wildman–Crippen MR) is 131 cm³/mol. The zero-order valence-corrected chi connectivity index (χ0v) is 20.2. The molecule has 0 bridgehead atoms. The van der Waals surface area contributed by atoms with Gasteiger partial charge in [-0.25, -0.2) is 27.4 Å². The molecule has 0 unspecified atom stereocenters. The van der Waals surface area contributed by atoms with Gasteiger partial charge in [-0.05, 0) is 31.5 Å². The third kappa shape index (κ3) is 4.55. The molecule has 6 rings (SSSR count). The maximum Gasteiger partial charge on any atom is 0.258 e. The minimum atomic E-state index is -2.58. The Morgan fingerprint density at radius 1 is 1.19 bits per heavy atom. The van der Waals surface area contributed by atoms with Crippen molar-refractivity contribution in [2.24, 2.45) is 0 Å². The third-order valence-corrected chi connectivity index (χ3v) is 6.83. The summed E-state index contributed by atoms with van der Waals surface area (Å²) < 4.78 is 49.0. The summed E-state index contributed by atoms with van der Waals surface area (Å²) in [5.41, 5.74) is 2.64. The van der Waals surface area contributed by atoms with E-state index in [2.05, 4.69) is 40.9 Å². The van der Waals surface area contributed by atoms with E-state index >= 15 is 4.39 Å². The highest BCUT2D eigenvalue weighted by atomic mass is 19.3. The first-order valence-electron chi connectivity index (χ1n) is 12.3. The summed E-state index contributed by atoms with van der Waals surface area (Å²) >= 11 is 0. The molecule has 0 saturated carbocycles. The summed E-state index contributed by atoms with van der Waals surface area (Å²) in [6, 6.07) is 5.20. The Kier molecular flexibility index (Phi) is 6.28. The van der Waals surface area contributed by atoms with Crippen molar-refractivity contribution in [1.29, 1.82) is 0 Å². The van der Waals surface area contributed by atoms with Gasteiger partial charge < -0.3 is 15.4 Å². The van der Waals surface area contributed by atoms with Crippen molar-refractivity contribution >= 4 is 28.4 Å². The average Bonchev–Trinajstić information content (AvgIpc) is 3.44. The number of nitrogens with one attached hydrogen (secondary N) is 2. The number of pyridine rings is 1. The molecule has 4 aromatic rings. The van der Waals surface area contributed by atoms with Crippen molar-refractivity contribution < 1.29 is 17.9 Å². The zero-order chi connectivity index (χ0) is 25.5. The first-order valence-corrected chi connectivity index (χ1v) is 12.3. The first kappa shape index (κ1) is 23.9. The van der Waals surface area contributed by atoms with Crippen LogP contribution in [0.3, 0.4) is 0 Å². The molecule has 2 fully saturated rings. The molecule has 0 amide bonds. The summed E-state index contributed by atoms with van der Waals surface area (Å²) in [7, 11) is 0. The van der Waals surface area contributed by atoms with Crippen LogP contribution in [0.5, 0.6) is 0 Å². The van der Waals surface area contributed by atoms with E-state index in [9.17, 15) is 8.78 Å². The van der Waals surface area contributed by atoms with Gasteiger partial charge in [0, 0.05) is 31.4 Å². The fourth-order valence-electron chi connectivity index (χ4n) is 4.86. The molecule has 2 aliphatic rings. The summed E-state index contributed by atoms with van der Waals surface area (Å²) in [5.74, 6) is 0.877. The number of likely N-dealkylation sites (tertiary alicyclic amines) is 1. The largest absolute Gasteiger partial charge is 0.378 e. The van der Waals surface area contributed by atoms with Crippen molar-refractivity contribution in [2.45, 2.75) is 44.6 Å². The summed E-state index contributed by atoms with van der Waals surface area (Å²) in [6.45, 7) is 4.43. The first-order chi connectivity index (χ1) is 18.0. The number of piperidine rings is 1. The van der Waals surface area contributed by atoms with Crippen LogP contribution < -0.4 is 10.6 Å². The van der Waals surface area contributed by atoms with Crippen LogP contribution in [0.1, 0.15) is 13.3 Å². The van der Waals surface area contributed by atoms with Gasteiger partial charge in [-0.2, -0.15) is 4.98 Å². The molecule has 2 N–H and O–H groups in total. The van der Waals surface area contributed by atoms with Gasteiger partial charge in [-0.3, -0.25) is 4.90 Å². The Hall–Kier alpha value is -3.52. The Morgan fingerprint density at radius 3 is 2.78 bits per heavy atom. The third-order valence-electron chi connectivity index (χ3n) is 6.83. The highest BCUT2D eigenvalue weighted by Gasteiger charge is 2.35. The van der Waals surface area contributed by atoms with E-state index in [1.165, 1.54) is 0 Å². The van der Waals surface area contributed by atoms with Gasteiger partial charge in [0.1, 0.15) is 23.7 Å². The Balaban J connectivity index is 1.30. The van der Waals surface area contributed by atoms with Crippen LogP contribution in [-0.2, 0) is 11.3 Å². The predicted octanol–water partition coefficient (Wildman–Crippen LogP) is 2.46. The SMILES string of the molecule is CCNc1nc(N[C@H]2CCN(C3COC3)C[C@H]2F)nn2ccc(-c3ccc4nnn(CC(F)F)c4n3)c12. The van der Waals surface area contributed by atoms with Crippen molar-refractivity contribution in [3.8, 4) is 11.3 Å². The maximum atomic E-state index is 15.0. The Labute approximate surface area is 210 Å². The fourth-order valence-corrected chi connectivity index (χ4v) is 4.86. The molecule has 2 aliphatic heterocycles. The van der Waals surface area contributed by atoms with Crippen LogP contribution in [0.25, 0.3) is 27.9 Å². The van der Waals surface area contributed by atoms with Crippen LogP contribution in [-0.4, -0.2) is 97.0 Å². The fraction of sp³-hybridized carbons (Fsp3) is 0.522. The number of anilines is 2. The molecule has 4 aromatic heterocycles. The number of rotatable bonds is 8. The average molecular weight is 517 g/mol. The normalized spacial score (nSPS) is 21.1. The monoisotopic (exact) mass is 516 g/mol. The molecular formula is C23H27F3N10O. The van der Waals surface area contributed by atoms with Gasteiger partial charge in [0.05, 0.1) is 31.0 Å². The molecule has 11 nitrogen and oxygen atoms in total. The van der Waals surface area contributed by atoms with Gasteiger partial charge in [0.2, 0.25) is 5.95 Å². The minimum Gasteiger partial charge on any atom is -0.378 e. The summed E-state index contributed by atoms with van der Waals surface area (Å²) in [6.07, 6.45) is -1.23. The van der Waals surface area contributed by atoms with Crippen molar-refractivity contribution in [3.63, 3.8) is 0 Å². The van der Waals surface area contributed by atoms with Gasteiger partial charge >= 0.3 is 0 Å². The van der Waals surface area contributed by atoms with Crippen molar-refractivity contribution in [3.05, 3.63) is 24.4 Å². The minimum absolute atomic E-state index is 0.273. The van der Waals surface area contributed by atoms with Crippen LogP contribution in [0.2, 0.25) is 0 Å². The highest BCUT2D eigenvalue weighted by Crippen LogP contribution is 2.31. The lowest BCUT2D eigenvalue weighted by Gasteiger charge is -2.42. The lowest BCUT2D eigenvalue weighted by Crippen LogP contribution is -2.57. The number of alkyl halides is 3. The lowest BCUT2D eigenvalue weighted by atomic mass is 10.0. The second kappa shape index (κ2) is 9.74. The summed E-state index contributed by atoms with van der Waals surface area (Å²) in [4.78, 5) is 11.4. The van der Waals surface area contributed by atoms with E-state index in [1.54, 1.807) is 22.8 Å². The van der Waals surface area contributed by atoms with Gasteiger partial charge in [0.15, 0.2) is 11.5 Å². The van der Waals surface area contributed by atoms with Crippen molar-refractivity contribution in [1.82, 2.24) is 39.5 Å². The van der Waals surface area contributed by atoms with Gasteiger partial charge in [-0.1, -0.05) is 5.21 Å². The number of ether oxygens (including phenoxy) is 1. The quantitative estimate of drug-likeness (QED) is 0.365. The van der Waals surface area contributed by atoms with E-state index in [4.69, 9.17) is 4.74 Å². The van der Waals surface area contributed by atoms with Crippen LogP contribution in [0, 0.1) is 0 Å². The number of aromatic nitrogens is 7.